The van der Waals surface area contributed by atoms with Gasteiger partial charge in [-0.15, -0.1) is 0 Å². The van der Waals surface area contributed by atoms with E-state index in [0.717, 1.165) is 16.7 Å². The van der Waals surface area contributed by atoms with Gasteiger partial charge >= 0.3 is 0 Å². The van der Waals surface area contributed by atoms with E-state index in [9.17, 15) is 4.21 Å². The van der Waals surface area contributed by atoms with Gasteiger partial charge in [-0.05, 0) is 30.0 Å². The molecule has 1 aromatic carbocycles. The Kier molecular flexibility index (Phi) is 5.73. The number of rotatable bonds is 6. The smallest absolute Gasteiger partial charge is 0.232 e. The first-order chi connectivity index (χ1) is 8.04. The van der Waals surface area contributed by atoms with E-state index in [0.29, 0.717) is 6.42 Å². The topological polar surface area (TPSA) is 95.6 Å². The molecule has 0 radical (unpaired) electrons. The zero-order valence-electron chi connectivity index (χ0n) is 9.72. The van der Waals surface area contributed by atoms with Gasteiger partial charge in [0.05, 0.1) is 0 Å². The Labute approximate surface area is 103 Å². The van der Waals surface area contributed by atoms with Crippen LogP contribution < -0.4 is 10.5 Å². The lowest BCUT2D eigenvalue weighted by Gasteiger charge is -2.12. The van der Waals surface area contributed by atoms with Gasteiger partial charge in [0, 0.05) is 19.2 Å². The summed E-state index contributed by atoms with van der Waals surface area (Å²) in [5.74, 6) is 0. The molecular weight excluding hydrogens is 240 g/mol. The number of aliphatic hydroxyl groups is 1. The average Bonchev–Trinajstić information content (AvgIpc) is 2.27. The van der Waals surface area contributed by atoms with Gasteiger partial charge in [0.1, 0.15) is 0 Å². The maximum atomic E-state index is 10.5. The Morgan fingerprint density at radius 2 is 2.18 bits per heavy atom. The molecule has 0 saturated carbocycles. The summed E-state index contributed by atoms with van der Waals surface area (Å²) in [6.07, 6.45) is 0.510. The van der Waals surface area contributed by atoms with Crippen LogP contribution in [0, 0.1) is 0 Å². The monoisotopic (exact) mass is 258 g/mol. The summed E-state index contributed by atoms with van der Waals surface area (Å²) in [5, 5.41) is 8.99. The molecule has 0 aliphatic rings. The molecule has 0 aliphatic carbocycles. The molecular formula is C11H18N2O3S. The molecule has 2 atom stereocenters. The highest BCUT2D eigenvalue weighted by Crippen LogP contribution is 2.17. The Bertz CT molecular complexity index is 396. The van der Waals surface area contributed by atoms with Crippen LogP contribution in [0.2, 0.25) is 0 Å². The fourth-order valence-corrected chi connectivity index (χ4v) is 1.87. The van der Waals surface area contributed by atoms with Crippen molar-refractivity contribution in [3.8, 4) is 0 Å². The molecule has 0 aliphatic heterocycles. The minimum atomic E-state index is -2.03. The molecule has 1 rings (SSSR count). The lowest BCUT2D eigenvalue weighted by atomic mass is 9.99. The summed E-state index contributed by atoms with van der Waals surface area (Å²) >= 11 is -2.03. The van der Waals surface area contributed by atoms with E-state index in [1.165, 1.54) is 0 Å². The Morgan fingerprint density at radius 1 is 1.47 bits per heavy atom. The third-order valence-corrected chi connectivity index (χ3v) is 2.91. The second-order valence-electron chi connectivity index (χ2n) is 3.86. The van der Waals surface area contributed by atoms with Gasteiger partial charge < -0.3 is 10.8 Å². The highest BCUT2D eigenvalue weighted by molar-refractivity contribution is 7.77. The van der Waals surface area contributed by atoms with Gasteiger partial charge in [0.25, 0.3) is 0 Å². The van der Waals surface area contributed by atoms with Gasteiger partial charge in [-0.3, -0.25) is 4.55 Å². The van der Waals surface area contributed by atoms with E-state index < -0.39 is 11.3 Å². The molecule has 96 valence electrons. The quantitative estimate of drug-likeness (QED) is 0.558. The zero-order valence-corrected chi connectivity index (χ0v) is 10.5. The first-order valence-electron chi connectivity index (χ1n) is 5.37. The predicted molar refractivity (Wildman–Crippen MR) is 67.4 cm³/mol. The molecule has 0 bridgehead atoms. The van der Waals surface area contributed by atoms with Gasteiger partial charge in [-0.1, -0.05) is 18.2 Å². The highest BCUT2D eigenvalue weighted by Gasteiger charge is 2.07. The molecule has 0 fully saturated rings. The van der Waals surface area contributed by atoms with E-state index in [2.05, 4.69) is 4.72 Å². The summed E-state index contributed by atoms with van der Waals surface area (Å²) in [7, 11) is 0. The van der Waals surface area contributed by atoms with Gasteiger partial charge in [0.15, 0.2) is 0 Å². The van der Waals surface area contributed by atoms with Crippen LogP contribution in [-0.2, 0) is 24.2 Å². The summed E-state index contributed by atoms with van der Waals surface area (Å²) in [4.78, 5) is 0. The van der Waals surface area contributed by atoms with E-state index in [-0.39, 0.29) is 19.2 Å². The minimum absolute atomic E-state index is 0.0393. The lowest BCUT2D eigenvalue weighted by molar-refractivity contribution is 0.299. The molecule has 17 heavy (non-hydrogen) atoms. The van der Waals surface area contributed by atoms with Crippen LogP contribution >= 0.6 is 0 Å². The standard InChI is InChI=1S/C11H18N2O3S/c1-8(12)9-2-3-11(7-13-17(15)16)10(6-9)4-5-14/h2-3,6,8,13-14H,4-5,7,12H2,1H3,(H,15,16)/t8-/m1/s1. The third kappa shape index (κ3) is 4.53. The maximum Gasteiger partial charge on any atom is 0.232 e. The number of hydrogen-bond acceptors (Lipinski definition) is 3. The Hall–Kier alpha value is -0.790. The Morgan fingerprint density at radius 3 is 2.71 bits per heavy atom. The number of aliphatic hydroxyl groups excluding tert-OH is 1. The molecule has 0 heterocycles. The van der Waals surface area contributed by atoms with E-state index in [1.54, 1.807) is 0 Å². The molecule has 5 N–H and O–H groups in total. The number of benzene rings is 1. The van der Waals surface area contributed by atoms with E-state index in [1.807, 2.05) is 25.1 Å². The third-order valence-electron chi connectivity index (χ3n) is 2.52. The first kappa shape index (κ1) is 14.3. The molecule has 0 spiro atoms. The van der Waals surface area contributed by atoms with Gasteiger partial charge in [-0.25, -0.2) is 8.93 Å². The van der Waals surface area contributed by atoms with Crippen LogP contribution in [-0.4, -0.2) is 20.5 Å². The van der Waals surface area contributed by atoms with Crippen molar-refractivity contribution in [2.24, 2.45) is 5.73 Å². The molecule has 6 heteroatoms. The zero-order chi connectivity index (χ0) is 12.8. The average molecular weight is 258 g/mol. The fraction of sp³-hybridized carbons (Fsp3) is 0.455. The summed E-state index contributed by atoms with van der Waals surface area (Å²) in [5.41, 5.74) is 8.61. The van der Waals surface area contributed by atoms with Gasteiger partial charge in [-0.2, -0.15) is 0 Å². The van der Waals surface area contributed by atoms with Crippen LogP contribution in [0.1, 0.15) is 29.7 Å². The number of hydrogen-bond donors (Lipinski definition) is 4. The normalized spacial score (nSPS) is 14.6. The van der Waals surface area contributed by atoms with Crippen molar-refractivity contribution in [1.29, 1.82) is 0 Å². The van der Waals surface area contributed by atoms with Crippen molar-refractivity contribution in [2.75, 3.05) is 6.61 Å². The SMILES string of the molecule is C[C@@H](N)c1ccc(CNS(=O)O)c(CCO)c1. The number of nitrogens with two attached hydrogens (primary N) is 1. The maximum absolute atomic E-state index is 10.5. The van der Waals surface area contributed by atoms with E-state index in [4.69, 9.17) is 15.4 Å². The molecule has 5 nitrogen and oxygen atoms in total. The fourth-order valence-electron chi connectivity index (χ4n) is 1.59. The van der Waals surface area contributed by atoms with Crippen LogP contribution in [0.15, 0.2) is 18.2 Å². The van der Waals surface area contributed by atoms with Crippen molar-refractivity contribution < 1.29 is 13.9 Å². The minimum Gasteiger partial charge on any atom is -0.396 e. The van der Waals surface area contributed by atoms with Crippen molar-refractivity contribution in [1.82, 2.24) is 4.72 Å². The molecule has 0 amide bonds. The largest absolute Gasteiger partial charge is 0.396 e. The number of nitrogens with one attached hydrogen (secondary N) is 1. The van der Waals surface area contributed by atoms with Crippen LogP contribution in [0.25, 0.3) is 0 Å². The van der Waals surface area contributed by atoms with Gasteiger partial charge in [0.2, 0.25) is 11.3 Å². The van der Waals surface area contributed by atoms with Crippen LogP contribution in [0.4, 0.5) is 0 Å². The second-order valence-corrected chi connectivity index (χ2v) is 4.65. The van der Waals surface area contributed by atoms with Crippen molar-refractivity contribution in [2.45, 2.75) is 25.9 Å². The highest BCUT2D eigenvalue weighted by atomic mass is 32.2. The molecule has 0 saturated heterocycles. The second kappa shape index (κ2) is 6.83. The van der Waals surface area contributed by atoms with Crippen LogP contribution in [0.5, 0.6) is 0 Å². The predicted octanol–water partition coefficient (Wildman–Crippen LogP) is 0.467. The summed E-state index contributed by atoms with van der Waals surface area (Å²) < 4.78 is 21.6. The van der Waals surface area contributed by atoms with Crippen LogP contribution in [0.3, 0.4) is 0 Å². The molecule has 0 aromatic heterocycles. The lowest BCUT2D eigenvalue weighted by Crippen LogP contribution is -2.17. The van der Waals surface area contributed by atoms with Crippen molar-refractivity contribution >= 4 is 11.3 Å². The molecule has 1 unspecified atom stereocenters. The Balaban J connectivity index is 2.91. The molecule has 1 aromatic rings. The summed E-state index contributed by atoms with van der Waals surface area (Å²) in [6, 6.07) is 5.62. The van der Waals surface area contributed by atoms with Crippen molar-refractivity contribution in [3.63, 3.8) is 0 Å². The summed E-state index contributed by atoms with van der Waals surface area (Å²) in [6.45, 7) is 2.22. The van der Waals surface area contributed by atoms with Crippen molar-refractivity contribution in [3.05, 3.63) is 34.9 Å². The van der Waals surface area contributed by atoms with E-state index >= 15 is 0 Å². The first-order valence-corrected chi connectivity index (χ1v) is 6.47.